The number of hydrogen-bond acceptors (Lipinski definition) is 6. The van der Waals surface area contributed by atoms with E-state index in [1.165, 1.54) is 35.6 Å². The van der Waals surface area contributed by atoms with Gasteiger partial charge in [-0.05, 0) is 54.3 Å². The summed E-state index contributed by atoms with van der Waals surface area (Å²) in [6.07, 6.45) is 0. The van der Waals surface area contributed by atoms with E-state index in [0.29, 0.717) is 5.02 Å². The fourth-order valence-corrected chi connectivity index (χ4v) is 4.70. The molecule has 0 bridgehead atoms. The molecule has 1 unspecified atom stereocenters. The van der Waals surface area contributed by atoms with E-state index in [-0.39, 0.29) is 23.0 Å². The number of ether oxygens (including phenoxy) is 1. The van der Waals surface area contributed by atoms with Crippen LogP contribution in [0.2, 0.25) is 5.02 Å². The van der Waals surface area contributed by atoms with E-state index in [0.717, 1.165) is 10.4 Å². The Morgan fingerprint density at radius 1 is 1.09 bits per heavy atom. The highest BCUT2D eigenvalue weighted by molar-refractivity contribution is 7.89. The minimum atomic E-state index is -3.81. The van der Waals surface area contributed by atoms with Crippen LogP contribution in [0, 0.1) is 0 Å². The summed E-state index contributed by atoms with van der Waals surface area (Å²) in [6.45, 7) is 1.45. The molecule has 0 aliphatic rings. The van der Waals surface area contributed by atoms with Gasteiger partial charge in [-0.2, -0.15) is 0 Å². The Bertz CT molecular complexity index is 1180. The van der Waals surface area contributed by atoms with Gasteiger partial charge in [-0.1, -0.05) is 35.9 Å². The first-order chi connectivity index (χ1) is 15.2. The SMILES string of the molecule is CC(NC(=O)COC(=O)c1cccc(S(=O)(=O)NCc2cccs2)c1)c1ccc(Cl)cc1. The molecule has 3 aromatic rings. The molecule has 168 valence electrons. The zero-order chi connectivity index (χ0) is 23.1. The summed E-state index contributed by atoms with van der Waals surface area (Å²) < 4.78 is 32.6. The fraction of sp³-hybridized carbons (Fsp3) is 0.182. The van der Waals surface area contributed by atoms with Crippen molar-refractivity contribution in [2.24, 2.45) is 0 Å². The number of benzene rings is 2. The molecule has 2 N–H and O–H groups in total. The summed E-state index contributed by atoms with van der Waals surface area (Å²) >= 11 is 7.29. The van der Waals surface area contributed by atoms with Crippen molar-refractivity contribution >= 4 is 44.8 Å². The predicted molar refractivity (Wildman–Crippen MR) is 123 cm³/mol. The Balaban J connectivity index is 1.55. The molecule has 7 nitrogen and oxygen atoms in total. The molecular formula is C22H21ClN2O5S2. The maximum absolute atomic E-state index is 12.5. The lowest BCUT2D eigenvalue weighted by Gasteiger charge is -2.14. The van der Waals surface area contributed by atoms with Crippen LogP contribution in [0.4, 0.5) is 0 Å². The van der Waals surface area contributed by atoms with Crippen molar-refractivity contribution in [1.82, 2.24) is 10.0 Å². The minimum absolute atomic E-state index is 0.0301. The van der Waals surface area contributed by atoms with Crippen molar-refractivity contribution in [1.29, 1.82) is 0 Å². The topological polar surface area (TPSA) is 102 Å². The minimum Gasteiger partial charge on any atom is -0.452 e. The third-order valence-corrected chi connectivity index (χ3v) is 7.01. The molecular weight excluding hydrogens is 472 g/mol. The van der Waals surface area contributed by atoms with Crippen molar-refractivity contribution in [3.63, 3.8) is 0 Å². The molecule has 2 aromatic carbocycles. The number of carbonyl (C=O) groups excluding carboxylic acids is 2. The lowest BCUT2D eigenvalue weighted by atomic mass is 10.1. The number of amides is 1. The molecule has 0 spiro atoms. The molecule has 0 aliphatic heterocycles. The summed E-state index contributed by atoms with van der Waals surface area (Å²) in [6, 6.07) is 15.8. The molecule has 32 heavy (non-hydrogen) atoms. The lowest BCUT2D eigenvalue weighted by Crippen LogP contribution is -2.31. The Kier molecular flexibility index (Phi) is 8.03. The summed E-state index contributed by atoms with van der Waals surface area (Å²) in [5, 5.41) is 5.17. The van der Waals surface area contributed by atoms with E-state index < -0.39 is 28.5 Å². The summed E-state index contributed by atoms with van der Waals surface area (Å²) in [5.41, 5.74) is 0.879. The van der Waals surface area contributed by atoms with Crippen molar-refractivity contribution in [2.75, 3.05) is 6.61 Å². The average molecular weight is 493 g/mol. The number of rotatable bonds is 9. The van der Waals surface area contributed by atoms with Gasteiger partial charge in [0.15, 0.2) is 6.61 Å². The van der Waals surface area contributed by atoms with Gasteiger partial charge in [0.05, 0.1) is 16.5 Å². The standard InChI is InChI=1S/C22H21ClN2O5S2/c1-15(16-7-9-18(23)10-8-16)25-21(26)14-30-22(27)17-4-2-6-20(12-17)32(28,29)24-13-19-5-3-11-31-19/h2-12,15,24H,13-14H2,1H3,(H,25,26). The molecule has 1 heterocycles. The number of sulfonamides is 1. The Hall–Kier alpha value is -2.72. The van der Waals surface area contributed by atoms with E-state index in [2.05, 4.69) is 10.0 Å². The predicted octanol–water partition coefficient (Wildman–Crippen LogP) is 3.91. The van der Waals surface area contributed by atoms with Crippen LogP contribution < -0.4 is 10.0 Å². The molecule has 1 amide bonds. The van der Waals surface area contributed by atoms with Crippen molar-refractivity contribution in [2.45, 2.75) is 24.4 Å². The van der Waals surface area contributed by atoms with E-state index in [4.69, 9.17) is 16.3 Å². The number of nitrogens with one attached hydrogen (secondary N) is 2. The highest BCUT2D eigenvalue weighted by Gasteiger charge is 2.18. The van der Waals surface area contributed by atoms with Gasteiger partial charge in [0.1, 0.15) is 0 Å². The molecule has 1 aromatic heterocycles. The van der Waals surface area contributed by atoms with Gasteiger partial charge < -0.3 is 10.1 Å². The first-order valence-corrected chi connectivity index (χ1v) is 12.3. The molecule has 1 atom stereocenters. The van der Waals surface area contributed by atoms with E-state index in [9.17, 15) is 18.0 Å². The van der Waals surface area contributed by atoms with E-state index >= 15 is 0 Å². The number of hydrogen-bond donors (Lipinski definition) is 2. The van der Waals surface area contributed by atoms with Crippen molar-refractivity contribution < 1.29 is 22.7 Å². The maximum atomic E-state index is 12.5. The van der Waals surface area contributed by atoms with Crippen LogP contribution in [0.25, 0.3) is 0 Å². The van der Waals surface area contributed by atoms with Gasteiger partial charge in [-0.15, -0.1) is 11.3 Å². The highest BCUT2D eigenvalue weighted by atomic mass is 35.5. The fourth-order valence-electron chi connectivity index (χ4n) is 2.79. The zero-order valence-electron chi connectivity index (χ0n) is 17.1. The van der Waals surface area contributed by atoms with Crippen LogP contribution in [0.1, 0.15) is 33.8 Å². The van der Waals surface area contributed by atoms with Crippen LogP contribution in [-0.2, 0) is 26.1 Å². The number of thiophene rings is 1. The summed E-state index contributed by atoms with van der Waals surface area (Å²) in [4.78, 5) is 25.3. The van der Waals surface area contributed by atoms with E-state index in [1.807, 2.05) is 17.5 Å². The van der Waals surface area contributed by atoms with Gasteiger partial charge in [-0.3, -0.25) is 4.79 Å². The quantitative estimate of drug-likeness (QED) is 0.441. The van der Waals surface area contributed by atoms with Crippen LogP contribution in [0.5, 0.6) is 0 Å². The van der Waals surface area contributed by atoms with Gasteiger partial charge >= 0.3 is 5.97 Å². The average Bonchev–Trinajstić information content (AvgIpc) is 3.30. The first kappa shape index (κ1) is 23.9. The molecule has 0 fully saturated rings. The first-order valence-electron chi connectivity index (χ1n) is 9.58. The largest absolute Gasteiger partial charge is 0.452 e. The molecule has 0 saturated heterocycles. The number of esters is 1. The summed E-state index contributed by atoms with van der Waals surface area (Å²) in [7, 11) is -3.81. The van der Waals surface area contributed by atoms with Gasteiger partial charge in [-0.25, -0.2) is 17.9 Å². The monoisotopic (exact) mass is 492 g/mol. The lowest BCUT2D eigenvalue weighted by molar-refractivity contribution is -0.124. The highest BCUT2D eigenvalue weighted by Crippen LogP contribution is 2.17. The Morgan fingerprint density at radius 3 is 2.53 bits per heavy atom. The second kappa shape index (κ2) is 10.7. The van der Waals surface area contributed by atoms with Gasteiger partial charge in [0, 0.05) is 16.4 Å². The van der Waals surface area contributed by atoms with Crippen LogP contribution in [0.3, 0.4) is 0 Å². The second-order valence-electron chi connectivity index (χ2n) is 6.85. The van der Waals surface area contributed by atoms with Gasteiger partial charge in [0.2, 0.25) is 10.0 Å². The summed E-state index contributed by atoms with van der Waals surface area (Å²) in [5.74, 6) is -1.28. The smallest absolute Gasteiger partial charge is 0.338 e. The van der Waals surface area contributed by atoms with Crippen LogP contribution >= 0.6 is 22.9 Å². The molecule has 0 saturated carbocycles. The molecule has 0 radical (unpaired) electrons. The third-order valence-electron chi connectivity index (χ3n) is 4.48. The molecule has 0 aliphatic carbocycles. The Labute approximate surface area is 195 Å². The van der Waals surface area contributed by atoms with Crippen molar-refractivity contribution in [3.8, 4) is 0 Å². The second-order valence-corrected chi connectivity index (χ2v) is 10.1. The van der Waals surface area contributed by atoms with Crippen molar-refractivity contribution in [3.05, 3.63) is 87.1 Å². The maximum Gasteiger partial charge on any atom is 0.338 e. The Morgan fingerprint density at radius 2 is 1.84 bits per heavy atom. The number of carbonyl (C=O) groups is 2. The number of halogens is 1. The normalized spacial score (nSPS) is 12.2. The zero-order valence-corrected chi connectivity index (χ0v) is 19.5. The van der Waals surface area contributed by atoms with Gasteiger partial charge in [0.25, 0.3) is 5.91 Å². The molecule has 10 heteroatoms. The molecule has 3 rings (SSSR count). The van der Waals surface area contributed by atoms with Crippen LogP contribution in [-0.4, -0.2) is 26.9 Å². The third kappa shape index (κ3) is 6.64. The van der Waals surface area contributed by atoms with E-state index in [1.54, 1.807) is 31.2 Å². The van der Waals surface area contributed by atoms with Crippen LogP contribution in [0.15, 0.2) is 70.9 Å².